The number of carbonyl (C=O) groups is 2. The van der Waals surface area contributed by atoms with E-state index < -0.39 is 0 Å². The number of piperidine rings is 1. The number of hydrogen-bond acceptors (Lipinski definition) is 3. The normalized spacial score (nSPS) is 19.4. The van der Waals surface area contributed by atoms with Crippen LogP contribution >= 0.6 is 0 Å². The zero-order chi connectivity index (χ0) is 13.5. The number of nitrogens with one attached hydrogen (secondary N) is 1. The van der Waals surface area contributed by atoms with Gasteiger partial charge >= 0.3 is 0 Å². The first-order valence-electron chi connectivity index (χ1n) is 6.78. The van der Waals surface area contributed by atoms with Crippen LogP contribution in [-0.2, 0) is 9.59 Å². The Bertz CT molecular complexity index is 286. The highest BCUT2D eigenvalue weighted by molar-refractivity contribution is 5.87. The molecule has 5 heteroatoms. The second-order valence-electron chi connectivity index (χ2n) is 5.05. The maximum atomic E-state index is 12.3. The molecule has 0 radical (unpaired) electrons. The molecule has 18 heavy (non-hydrogen) atoms. The van der Waals surface area contributed by atoms with E-state index in [1.54, 1.807) is 19.0 Å². The van der Waals surface area contributed by atoms with Gasteiger partial charge in [-0.05, 0) is 25.8 Å². The van der Waals surface area contributed by atoms with Crippen molar-refractivity contribution in [3.63, 3.8) is 0 Å². The van der Waals surface area contributed by atoms with Crippen LogP contribution in [0, 0.1) is 0 Å². The summed E-state index contributed by atoms with van der Waals surface area (Å²) in [5.74, 6) is 0.0550. The van der Waals surface area contributed by atoms with E-state index in [0.29, 0.717) is 6.54 Å². The molecule has 1 fully saturated rings. The fraction of sp³-hybridized carbons (Fsp3) is 0.846. The van der Waals surface area contributed by atoms with Crippen LogP contribution in [0.4, 0.5) is 0 Å². The number of hydrogen-bond donors (Lipinski definition) is 1. The van der Waals surface area contributed by atoms with Crippen molar-refractivity contribution in [2.24, 2.45) is 0 Å². The van der Waals surface area contributed by atoms with Crippen LogP contribution in [0.3, 0.4) is 0 Å². The molecule has 1 aliphatic rings. The first-order chi connectivity index (χ1) is 8.56. The van der Waals surface area contributed by atoms with Crippen LogP contribution in [0.2, 0.25) is 0 Å². The topological polar surface area (TPSA) is 52.7 Å². The maximum absolute atomic E-state index is 12.3. The molecule has 5 nitrogen and oxygen atoms in total. The van der Waals surface area contributed by atoms with Crippen LogP contribution < -0.4 is 5.32 Å². The van der Waals surface area contributed by atoms with Crippen molar-refractivity contribution < 1.29 is 9.59 Å². The lowest BCUT2D eigenvalue weighted by Gasteiger charge is -2.30. The van der Waals surface area contributed by atoms with Gasteiger partial charge in [0.25, 0.3) is 0 Å². The molecular weight excluding hydrogens is 230 g/mol. The van der Waals surface area contributed by atoms with Gasteiger partial charge in [-0.2, -0.15) is 0 Å². The van der Waals surface area contributed by atoms with E-state index in [0.717, 1.165) is 32.2 Å². The summed E-state index contributed by atoms with van der Waals surface area (Å²) in [7, 11) is 3.44. The highest BCUT2D eigenvalue weighted by atomic mass is 16.2. The smallest absolute Gasteiger partial charge is 0.241 e. The van der Waals surface area contributed by atoms with Crippen molar-refractivity contribution in [2.75, 3.05) is 33.7 Å². The molecule has 0 bridgehead atoms. The molecular formula is C13H25N3O2. The zero-order valence-corrected chi connectivity index (χ0v) is 11.7. The molecule has 0 aromatic carbocycles. The van der Waals surface area contributed by atoms with Gasteiger partial charge in [-0.3, -0.25) is 9.59 Å². The number of amides is 2. The standard InChI is InChI=1S/C13H25N3O2/c1-4-9-16(10-12(17)15(2)3)13(18)11-7-5-6-8-14-11/h11,14H,4-10H2,1-3H3. The predicted octanol–water partition coefficient (Wildman–Crippen LogP) is 0.455. The Kier molecular flexibility index (Phi) is 6.12. The Morgan fingerprint density at radius 1 is 1.28 bits per heavy atom. The van der Waals surface area contributed by atoms with E-state index in [2.05, 4.69) is 5.32 Å². The average Bonchev–Trinajstić information content (AvgIpc) is 2.38. The van der Waals surface area contributed by atoms with E-state index >= 15 is 0 Å². The van der Waals surface area contributed by atoms with Crippen molar-refractivity contribution in [3.8, 4) is 0 Å². The zero-order valence-electron chi connectivity index (χ0n) is 11.7. The summed E-state index contributed by atoms with van der Waals surface area (Å²) < 4.78 is 0. The summed E-state index contributed by atoms with van der Waals surface area (Å²) in [5.41, 5.74) is 0. The Morgan fingerprint density at radius 3 is 2.50 bits per heavy atom. The highest BCUT2D eigenvalue weighted by Crippen LogP contribution is 2.10. The lowest BCUT2D eigenvalue weighted by Crippen LogP contribution is -2.51. The molecule has 1 rings (SSSR count). The lowest BCUT2D eigenvalue weighted by atomic mass is 10.0. The van der Waals surface area contributed by atoms with E-state index in [9.17, 15) is 9.59 Å². The predicted molar refractivity (Wildman–Crippen MR) is 71.2 cm³/mol. The van der Waals surface area contributed by atoms with Crippen molar-refractivity contribution in [2.45, 2.75) is 38.6 Å². The van der Waals surface area contributed by atoms with Crippen LogP contribution in [0.1, 0.15) is 32.6 Å². The molecule has 0 aliphatic carbocycles. The van der Waals surface area contributed by atoms with Gasteiger partial charge in [0, 0.05) is 20.6 Å². The largest absolute Gasteiger partial charge is 0.347 e. The molecule has 1 N–H and O–H groups in total. The molecule has 0 aromatic heterocycles. The van der Waals surface area contributed by atoms with Gasteiger partial charge in [0.1, 0.15) is 0 Å². The highest BCUT2D eigenvalue weighted by Gasteiger charge is 2.26. The third-order valence-electron chi connectivity index (χ3n) is 3.24. The second-order valence-corrected chi connectivity index (χ2v) is 5.05. The van der Waals surface area contributed by atoms with Crippen molar-refractivity contribution in [3.05, 3.63) is 0 Å². The molecule has 1 aliphatic heterocycles. The van der Waals surface area contributed by atoms with Crippen LogP contribution in [0.15, 0.2) is 0 Å². The average molecular weight is 255 g/mol. The fourth-order valence-corrected chi connectivity index (χ4v) is 2.12. The molecule has 1 atom stereocenters. The number of carbonyl (C=O) groups excluding carboxylic acids is 2. The minimum atomic E-state index is -0.0970. The quantitative estimate of drug-likeness (QED) is 0.776. The van der Waals surface area contributed by atoms with E-state index in [1.165, 1.54) is 4.90 Å². The lowest BCUT2D eigenvalue weighted by molar-refractivity contribution is -0.140. The first-order valence-corrected chi connectivity index (χ1v) is 6.78. The molecule has 1 unspecified atom stereocenters. The minimum absolute atomic E-state index is 0.0207. The van der Waals surface area contributed by atoms with E-state index in [4.69, 9.17) is 0 Å². The summed E-state index contributed by atoms with van der Waals surface area (Å²) in [4.78, 5) is 27.3. The van der Waals surface area contributed by atoms with E-state index in [1.807, 2.05) is 6.92 Å². The summed E-state index contributed by atoms with van der Waals surface area (Å²) in [6, 6.07) is -0.0970. The first kappa shape index (κ1) is 15.0. The third kappa shape index (κ3) is 4.29. The van der Waals surface area contributed by atoms with Crippen molar-refractivity contribution >= 4 is 11.8 Å². The van der Waals surface area contributed by atoms with Gasteiger partial charge in [0.2, 0.25) is 11.8 Å². The molecule has 0 spiro atoms. The van der Waals surface area contributed by atoms with Crippen molar-refractivity contribution in [1.82, 2.24) is 15.1 Å². The Hall–Kier alpha value is -1.10. The summed E-state index contributed by atoms with van der Waals surface area (Å²) >= 11 is 0. The van der Waals surface area contributed by atoms with Gasteiger partial charge in [-0.15, -0.1) is 0 Å². The molecule has 1 heterocycles. The molecule has 104 valence electrons. The van der Waals surface area contributed by atoms with Gasteiger partial charge in [0.05, 0.1) is 12.6 Å². The van der Waals surface area contributed by atoms with Crippen LogP contribution in [-0.4, -0.2) is 61.4 Å². The fourth-order valence-electron chi connectivity index (χ4n) is 2.12. The summed E-state index contributed by atoms with van der Waals surface area (Å²) in [5, 5.41) is 3.24. The molecule has 2 amide bonds. The van der Waals surface area contributed by atoms with Gasteiger partial charge < -0.3 is 15.1 Å². The maximum Gasteiger partial charge on any atom is 0.241 e. The Morgan fingerprint density at radius 2 is 2.00 bits per heavy atom. The number of rotatable bonds is 5. The molecule has 0 saturated carbocycles. The van der Waals surface area contributed by atoms with Crippen LogP contribution in [0.25, 0.3) is 0 Å². The van der Waals surface area contributed by atoms with E-state index in [-0.39, 0.29) is 24.4 Å². The molecule has 1 saturated heterocycles. The minimum Gasteiger partial charge on any atom is -0.347 e. The second kappa shape index (κ2) is 7.36. The summed E-state index contributed by atoms with van der Waals surface area (Å²) in [6.07, 6.45) is 3.98. The van der Waals surface area contributed by atoms with Crippen LogP contribution in [0.5, 0.6) is 0 Å². The van der Waals surface area contributed by atoms with Gasteiger partial charge in [-0.1, -0.05) is 13.3 Å². The Labute approximate surface area is 110 Å². The van der Waals surface area contributed by atoms with Crippen molar-refractivity contribution in [1.29, 1.82) is 0 Å². The Balaban J connectivity index is 2.58. The van der Waals surface area contributed by atoms with Gasteiger partial charge in [0.15, 0.2) is 0 Å². The third-order valence-corrected chi connectivity index (χ3v) is 3.24. The summed E-state index contributed by atoms with van der Waals surface area (Å²) in [6.45, 7) is 3.77. The molecule has 0 aromatic rings. The number of nitrogens with zero attached hydrogens (tertiary/aromatic N) is 2. The monoisotopic (exact) mass is 255 g/mol. The SMILES string of the molecule is CCCN(CC(=O)N(C)C)C(=O)C1CCCCN1. The van der Waals surface area contributed by atoms with Gasteiger partial charge in [-0.25, -0.2) is 0 Å². The number of likely N-dealkylation sites (N-methyl/N-ethyl adjacent to an activating group) is 1.